The first-order chi connectivity index (χ1) is 14.5. The number of carbonyl (C=O) groups is 2. The highest BCUT2D eigenvalue weighted by Gasteiger charge is 2.46. The van der Waals surface area contributed by atoms with Crippen LogP contribution in [0.25, 0.3) is 5.76 Å². The Morgan fingerprint density at radius 1 is 1.10 bits per heavy atom. The highest BCUT2D eigenvalue weighted by atomic mass is 35.5. The van der Waals surface area contributed by atoms with Gasteiger partial charge in [0.15, 0.2) is 0 Å². The number of carbonyl (C=O) groups excluding carboxylic acids is 2. The number of aliphatic hydroxyl groups is 1. The number of rotatable bonds is 5. The van der Waals surface area contributed by atoms with Crippen LogP contribution in [-0.4, -0.2) is 28.8 Å². The van der Waals surface area contributed by atoms with E-state index < -0.39 is 17.7 Å². The summed E-state index contributed by atoms with van der Waals surface area (Å²) < 4.78 is 5.22. The lowest BCUT2D eigenvalue weighted by Gasteiger charge is -2.25. The van der Waals surface area contributed by atoms with Crippen molar-refractivity contribution in [3.63, 3.8) is 0 Å². The lowest BCUT2D eigenvalue weighted by molar-refractivity contribution is -0.140. The topological polar surface area (TPSA) is 66.8 Å². The Morgan fingerprint density at radius 2 is 1.80 bits per heavy atom. The van der Waals surface area contributed by atoms with Crippen LogP contribution in [0.5, 0.6) is 5.75 Å². The Balaban J connectivity index is 1.85. The number of amides is 1. The van der Waals surface area contributed by atoms with Gasteiger partial charge in [0.2, 0.25) is 0 Å². The van der Waals surface area contributed by atoms with Gasteiger partial charge in [0, 0.05) is 15.5 Å². The number of ketones is 1. The minimum absolute atomic E-state index is 0.0593. The second-order valence-corrected chi connectivity index (χ2v) is 8.26. The third-order valence-electron chi connectivity index (χ3n) is 5.00. The molecule has 1 N–H and O–H groups in total. The third-order valence-corrected chi connectivity index (χ3v) is 6.11. The van der Waals surface area contributed by atoms with Crippen molar-refractivity contribution in [2.75, 3.05) is 7.11 Å². The van der Waals surface area contributed by atoms with Crippen LogP contribution in [0.4, 0.5) is 0 Å². The standard InChI is InChI=1S/C23H18ClNO4S/c1-29-17-10-6-14(7-11-17)20-19(21(26)15-4-8-16(24)9-5-15)22(27)23(28)25(20)13-18-3-2-12-30-18/h2-12,20,26H,13H2,1H3/b21-19+. The molecule has 2 heterocycles. The van der Waals surface area contributed by atoms with E-state index in [2.05, 4.69) is 0 Å². The van der Waals surface area contributed by atoms with E-state index >= 15 is 0 Å². The molecule has 1 aromatic heterocycles. The van der Waals surface area contributed by atoms with Crippen LogP contribution >= 0.6 is 22.9 Å². The van der Waals surface area contributed by atoms with E-state index in [1.165, 1.54) is 16.2 Å². The minimum Gasteiger partial charge on any atom is -0.507 e. The number of thiophene rings is 1. The van der Waals surface area contributed by atoms with Gasteiger partial charge in [-0.2, -0.15) is 0 Å². The van der Waals surface area contributed by atoms with Crippen LogP contribution in [0.15, 0.2) is 71.6 Å². The molecule has 4 rings (SSSR count). The first-order valence-electron chi connectivity index (χ1n) is 9.20. The number of Topliss-reactive ketones (excluding diaryl/α,β-unsaturated/α-hetero) is 1. The molecule has 1 amide bonds. The van der Waals surface area contributed by atoms with Gasteiger partial charge < -0.3 is 14.7 Å². The molecule has 2 aromatic carbocycles. The Bertz CT molecular complexity index is 1110. The highest BCUT2D eigenvalue weighted by molar-refractivity contribution is 7.09. The molecular weight excluding hydrogens is 422 g/mol. The van der Waals surface area contributed by atoms with Crippen LogP contribution in [0.3, 0.4) is 0 Å². The number of halogens is 1. The fraction of sp³-hybridized carbons (Fsp3) is 0.130. The molecule has 0 saturated carbocycles. The van der Waals surface area contributed by atoms with Gasteiger partial charge in [0.1, 0.15) is 11.5 Å². The smallest absolute Gasteiger partial charge is 0.295 e. The maximum atomic E-state index is 13.0. The summed E-state index contributed by atoms with van der Waals surface area (Å²) in [7, 11) is 1.57. The van der Waals surface area contributed by atoms with E-state index in [4.69, 9.17) is 16.3 Å². The third kappa shape index (κ3) is 3.72. The molecule has 1 unspecified atom stereocenters. The fourth-order valence-electron chi connectivity index (χ4n) is 3.51. The summed E-state index contributed by atoms with van der Waals surface area (Å²) >= 11 is 7.45. The van der Waals surface area contributed by atoms with E-state index in [0.29, 0.717) is 21.9 Å². The van der Waals surface area contributed by atoms with Gasteiger partial charge in [-0.1, -0.05) is 29.8 Å². The first-order valence-corrected chi connectivity index (χ1v) is 10.5. The molecule has 1 aliphatic rings. The Kier molecular flexibility index (Phi) is 5.61. The quantitative estimate of drug-likeness (QED) is 0.344. The molecule has 3 aromatic rings. The number of benzene rings is 2. The van der Waals surface area contributed by atoms with Crippen LogP contribution in [-0.2, 0) is 16.1 Å². The minimum atomic E-state index is -0.714. The summed E-state index contributed by atoms with van der Waals surface area (Å²) in [5.41, 5.74) is 1.19. The van der Waals surface area contributed by atoms with E-state index in [1.807, 2.05) is 17.5 Å². The van der Waals surface area contributed by atoms with Crippen molar-refractivity contribution in [2.45, 2.75) is 12.6 Å². The molecular formula is C23H18ClNO4S. The number of ether oxygens (including phenoxy) is 1. The van der Waals surface area contributed by atoms with Gasteiger partial charge in [-0.3, -0.25) is 9.59 Å². The maximum absolute atomic E-state index is 13.0. The Labute approximate surface area is 182 Å². The molecule has 0 aliphatic carbocycles. The van der Waals surface area contributed by atoms with Crippen LogP contribution in [0, 0.1) is 0 Å². The maximum Gasteiger partial charge on any atom is 0.295 e. The van der Waals surface area contributed by atoms with Crippen LogP contribution in [0.1, 0.15) is 22.0 Å². The molecule has 7 heteroatoms. The number of nitrogens with zero attached hydrogens (tertiary/aromatic N) is 1. The predicted octanol–water partition coefficient (Wildman–Crippen LogP) is 5.03. The second kappa shape index (κ2) is 8.34. The van der Waals surface area contributed by atoms with Crippen molar-refractivity contribution in [3.05, 3.63) is 92.6 Å². The van der Waals surface area contributed by atoms with Crippen molar-refractivity contribution in [3.8, 4) is 5.75 Å². The molecule has 1 aliphatic heterocycles. The van der Waals surface area contributed by atoms with E-state index in [9.17, 15) is 14.7 Å². The van der Waals surface area contributed by atoms with Gasteiger partial charge in [0.25, 0.3) is 11.7 Å². The van der Waals surface area contributed by atoms with Crippen LogP contribution < -0.4 is 4.74 Å². The number of methoxy groups -OCH3 is 1. The van der Waals surface area contributed by atoms with E-state index in [-0.39, 0.29) is 17.9 Å². The van der Waals surface area contributed by atoms with Crippen molar-refractivity contribution >= 4 is 40.4 Å². The second-order valence-electron chi connectivity index (χ2n) is 6.79. The SMILES string of the molecule is COc1ccc(C2/C(=C(\O)c3ccc(Cl)cc3)C(=O)C(=O)N2Cc2cccs2)cc1. The van der Waals surface area contributed by atoms with Crippen molar-refractivity contribution < 1.29 is 19.4 Å². The molecule has 5 nitrogen and oxygen atoms in total. The Hall–Kier alpha value is -3.09. The van der Waals surface area contributed by atoms with Crippen molar-refractivity contribution in [1.82, 2.24) is 4.90 Å². The lowest BCUT2D eigenvalue weighted by Crippen LogP contribution is -2.28. The van der Waals surface area contributed by atoms with E-state index in [1.54, 1.807) is 55.6 Å². The summed E-state index contributed by atoms with van der Waals surface area (Å²) in [4.78, 5) is 28.3. The van der Waals surface area contributed by atoms with Crippen molar-refractivity contribution in [1.29, 1.82) is 0 Å². The molecule has 1 atom stereocenters. The van der Waals surface area contributed by atoms with E-state index in [0.717, 1.165) is 4.88 Å². The number of aliphatic hydroxyl groups excluding tert-OH is 1. The summed E-state index contributed by atoms with van der Waals surface area (Å²) in [5.74, 6) is -0.911. The fourth-order valence-corrected chi connectivity index (χ4v) is 4.34. The molecule has 0 spiro atoms. The average molecular weight is 440 g/mol. The molecule has 152 valence electrons. The average Bonchev–Trinajstić information content (AvgIpc) is 3.36. The molecule has 1 fully saturated rings. The molecule has 1 saturated heterocycles. The summed E-state index contributed by atoms with van der Waals surface area (Å²) in [6.07, 6.45) is 0. The number of hydrogen-bond donors (Lipinski definition) is 1. The largest absolute Gasteiger partial charge is 0.507 e. The summed E-state index contributed by atoms with van der Waals surface area (Å²) in [6.45, 7) is 0.274. The normalized spacial score (nSPS) is 18.1. The monoisotopic (exact) mass is 439 g/mol. The summed E-state index contributed by atoms with van der Waals surface area (Å²) in [6, 6.07) is 16.7. The predicted molar refractivity (Wildman–Crippen MR) is 117 cm³/mol. The van der Waals surface area contributed by atoms with Gasteiger partial charge in [-0.25, -0.2) is 0 Å². The first kappa shape index (κ1) is 20.2. The van der Waals surface area contributed by atoms with Gasteiger partial charge in [-0.05, 0) is 53.4 Å². The van der Waals surface area contributed by atoms with Gasteiger partial charge >= 0.3 is 0 Å². The zero-order chi connectivity index (χ0) is 21.3. The van der Waals surface area contributed by atoms with Gasteiger partial charge in [0.05, 0.1) is 25.3 Å². The molecule has 0 radical (unpaired) electrons. The lowest BCUT2D eigenvalue weighted by atomic mass is 9.95. The van der Waals surface area contributed by atoms with Gasteiger partial charge in [-0.15, -0.1) is 11.3 Å². The highest BCUT2D eigenvalue weighted by Crippen LogP contribution is 2.41. The zero-order valence-corrected chi connectivity index (χ0v) is 17.6. The zero-order valence-electron chi connectivity index (χ0n) is 16.0. The number of hydrogen-bond acceptors (Lipinski definition) is 5. The Morgan fingerprint density at radius 3 is 2.40 bits per heavy atom. The van der Waals surface area contributed by atoms with Crippen LogP contribution in [0.2, 0.25) is 5.02 Å². The number of likely N-dealkylation sites (tertiary alicyclic amines) is 1. The molecule has 30 heavy (non-hydrogen) atoms. The van der Waals surface area contributed by atoms with Crippen molar-refractivity contribution in [2.24, 2.45) is 0 Å². The summed E-state index contributed by atoms with van der Waals surface area (Å²) in [5, 5.41) is 13.4. The molecule has 0 bridgehead atoms.